The SMILES string of the molecule is CCC(COC)NC(=O)C1CCN(c2ccccc2)C1=O. The standard InChI is InChI=1S/C16H22N2O3/c1-3-12(11-21-2)17-15(19)14-9-10-18(16(14)20)13-7-5-4-6-8-13/h4-8,12,14H,3,9-11H2,1-2H3,(H,17,19). The van der Waals surface area contributed by atoms with Gasteiger partial charge in [-0.05, 0) is 25.0 Å². The minimum Gasteiger partial charge on any atom is -0.383 e. The molecule has 0 saturated carbocycles. The number of nitrogens with one attached hydrogen (secondary N) is 1. The first-order valence-electron chi connectivity index (χ1n) is 7.33. The molecule has 2 amide bonds. The van der Waals surface area contributed by atoms with Crippen LogP contribution in [0.5, 0.6) is 0 Å². The molecule has 0 radical (unpaired) electrons. The molecule has 1 fully saturated rings. The van der Waals surface area contributed by atoms with Gasteiger partial charge in [0, 0.05) is 19.3 Å². The Morgan fingerprint density at radius 1 is 1.43 bits per heavy atom. The van der Waals surface area contributed by atoms with Gasteiger partial charge in [-0.15, -0.1) is 0 Å². The number of benzene rings is 1. The van der Waals surface area contributed by atoms with Crippen molar-refractivity contribution in [2.24, 2.45) is 5.92 Å². The van der Waals surface area contributed by atoms with Gasteiger partial charge < -0.3 is 15.0 Å². The highest BCUT2D eigenvalue weighted by molar-refractivity contribution is 6.09. The summed E-state index contributed by atoms with van der Waals surface area (Å²) in [7, 11) is 1.60. The first-order valence-corrected chi connectivity index (χ1v) is 7.33. The van der Waals surface area contributed by atoms with Crippen molar-refractivity contribution in [2.75, 3.05) is 25.2 Å². The molecular weight excluding hydrogens is 268 g/mol. The summed E-state index contributed by atoms with van der Waals surface area (Å²) < 4.78 is 5.07. The van der Waals surface area contributed by atoms with E-state index in [0.29, 0.717) is 19.6 Å². The lowest BCUT2D eigenvalue weighted by Gasteiger charge is -2.19. The average molecular weight is 290 g/mol. The second-order valence-electron chi connectivity index (χ2n) is 5.24. The van der Waals surface area contributed by atoms with Gasteiger partial charge in [0.05, 0.1) is 12.6 Å². The molecule has 1 N–H and O–H groups in total. The van der Waals surface area contributed by atoms with Gasteiger partial charge in [-0.3, -0.25) is 9.59 Å². The molecular formula is C16H22N2O3. The van der Waals surface area contributed by atoms with Gasteiger partial charge in [-0.25, -0.2) is 0 Å². The van der Waals surface area contributed by atoms with E-state index in [4.69, 9.17) is 4.74 Å². The van der Waals surface area contributed by atoms with Crippen molar-refractivity contribution in [2.45, 2.75) is 25.8 Å². The number of carbonyl (C=O) groups excluding carboxylic acids is 2. The van der Waals surface area contributed by atoms with Crippen LogP contribution in [0, 0.1) is 5.92 Å². The summed E-state index contributed by atoms with van der Waals surface area (Å²) in [6.45, 7) is 3.03. The molecule has 0 bridgehead atoms. The summed E-state index contributed by atoms with van der Waals surface area (Å²) in [4.78, 5) is 26.4. The van der Waals surface area contributed by atoms with Crippen LogP contribution in [0.25, 0.3) is 0 Å². The summed E-state index contributed by atoms with van der Waals surface area (Å²) in [5.41, 5.74) is 0.849. The van der Waals surface area contributed by atoms with Crippen molar-refractivity contribution in [1.29, 1.82) is 0 Å². The fraction of sp³-hybridized carbons (Fsp3) is 0.500. The number of anilines is 1. The van der Waals surface area contributed by atoms with Gasteiger partial charge in [-0.2, -0.15) is 0 Å². The third-order valence-electron chi connectivity index (χ3n) is 3.80. The van der Waals surface area contributed by atoms with Gasteiger partial charge in [0.1, 0.15) is 5.92 Å². The molecule has 1 aliphatic rings. The lowest BCUT2D eigenvalue weighted by Crippen LogP contribution is -2.43. The molecule has 1 aliphatic heterocycles. The summed E-state index contributed by atoms with van der Waals surface area (Å²) in [5, 5.41) is 2.90. The summed E-state index contributed by atoms with van der Waals surface area (Å²) in [6, 6.07) is 9.42. The zero-order valence-corrected chi connectivity index (χ0v) is 12.5. The fourth-order valence-corrected chi connectivity index (χ4v) is 2.55. The monoisotopic (exact) mass is 290 g/mol. The number of ether oxygens (including phenoxy) is 1. The Bertz CT molecular complexity index is 490. The van der Waals surface area contributed by atoms with Crippen LogP contribution in [0.15, 0.2) is 30.3 Å². The quantitative estimate of drug-likeness (QED) is 0.809. The highest BCUT2D eigenvalue weighted by Gasteiger charge is 2.37. The number of carbonyl (C=O) groups is 2. The van der Waals surface area contributed by atoms with E-state index in [9.17, 15) is 9.59 Å². The third-order valence-corrected chi connectivity index (χ3v) is 3.80. The predicted octanol–water partition coefficient (Wildman–Crippen LogP) is 1.58. The summed E-state index contributed by atoms with van der Waals surface area (Å²) in [6.07, 6.45) is 1.34. The Morgan fingerprint density at radius 3 is 2.76 bits per heavy atom. The molecule has 21 heavy (non-hydrogen) atoms. The molecule has 2 atom stereocenters. The topological polar surface area (TPSA) is 58.6 Å². The van der Waals surface area contributed by atoms with E-state index in [-0.39, 0.29) is 17.9 Å². The first-order chi connectivity index (χ1) is 10.2. The van der Waals surface area contributed by atoms with Crippen molar-refractivity contribution in [3.63, 3.8) is 0 Å². The minimum atomic E-state index is -0.587. The van der Waals surface area contributed by atoms with Crippen molar-refractivity contribution in [3.8, 4) is 0 Å². The zero-order chi connectivity index (χ0) is 15.2. The largest absolute Gasteiger partial charge is 0.383 e. The van der Waals surface area contributed by atoms with E-state index in [2.05, 4.69) is 5.32 Å². The number of hydrogen-bond donors (Lipinski definition) is 1. The minimum absolute atomic E-state index is 0.0407. The number of hydrogen-bond acceptors (Lipinski definition) is 3. The highest BCUT2D eigenvalue weighted by atomic mass is 16.5. The molecule has 0 aliphatic carbocycles. The molecule has 114 valence electrons. The van der Waals surface area contributed by atoms with E-state index in [1.807, 2.05) is 37.3 Å². The number of methoxy groups -OCH3 is 1. The van der Waals surface area contributed by atoms with Crippen LogP contribution in [0.4, 0.5) is 5.69 Å². The Balaban J connectivity index is 1.99. The lowest BCUT2D eigenvalue weighted by atomic mass is 10.1. The molecule has 1 heterocycles. The van der Waals surface area contributed by atoms with Crippen LogP contribution >= 0.6 is 0 Å². The van der Waals surface area contributed by atoms with Crippen LogP contribution in [-0.2, 0) is 14.3 Å². The Morgan fingerprint density at radius 2 is 2.14 bits per heavy atom. The van der Waals surface area contributed by atoms with E-state index < -0.39 is 5.92 Å². The van der Waals surface area contributed by atoms with Crippen LogP contribution in [0.2, 0.25) is 0 Å². The fourth-order valence-electron chi connectivity index (χ4n) is 2.55. The number of amides is 2. The lowest BCUT2D eigenvalue weighted by molar-refractivity contribution is -0.132. The molecule has 1 aromatic carbocycles. The molecule has 1 saturated heterocycles. The van der Waals surface area contributed by atoms with Crippen LogP contribution < -0.4 is 10.2 Å². The Hall–Kier alpha value is -1.88. The molecule has 5 nitrogen and oxygen atoms in total. The van der Waals surface area contributed by atoms with Crippen molar-refractivity contribution in [1.82, 2.24) is 5.32 Å². The maximum absolute atomic E-state index is 12.4. The normalized spacial score (nSPS) is 19.6. The predicted molar refractivity (Wildman–Crippen MR) is 81.0 cm³/mol. The van der Waals surface area contributed by atoms with Gasteiger partial charge in [0.25, 0.3) is 0 Å². The van der Waals surface area contributed by atoms with Gasteiger partial charge in [-0.1, -0.05) is 25.1 Å². The van der Waals surface area contributed by atoms with E-state index in [1.165, 1.54) is 0 Å². The molecule has 5 heteroatoms. The van der Waals surface area contributed by atoms with Gasteiger partial charge in [0.15, 0.2) is 0 Å². The number of nitrogens with zero attached hydrogens (tertiary/aromatic N) is 1. The second kappa shape index (κ2) is 7.22. The molecule has 0 aromatic heterocycles. The summed E-state index contributed by atoms with van der Waals surface area (Å²) >= 11 is 0. The second-order valence-corrected chi connectivity index (χ2v) is 5.24. The van der Waals surface area contributed by atoms with Crippen molar-refractivity contribution in [3.05, 3.63) is 30.3 Å². The zero-order valence-electron chi connectivity index (χ0n) is 12.5. The maximum Gasteiger partial charge on any atom is 0.239 e. The van der Waals surface area contributed by atoms with Gasteiger partial charge >= 0.3 is 0 Å². The molecule has 1 aromatic rings. The first kappa shape index (κ1) is 15.5. The number of rotatable bonds is 6. The smallest absolute Gasteiger partial charge is 0.239 e. The van der Waals surface area contributed by atoms with E-state index in [1.54, 1.807) is 12.0 Å². The van der Waals surface area contributed by atoms with Crippen LogP contribution in [0.3, 0.4) is 0 Å². The highest BCUT2D eigenvalue weighted by Crippen LogP contribution is 2.25. The van der Waals surface area contributed by atoms with Gasteiger partial charge in [0.2, 0.25) is 11.8 Å². The molecule has 2 rings (SSSR count). The summed E-state index contributed by atoms with van der Waals surface area (Å²) in [5.74, 6) is -0.899. The van der Waals surface area contributed by atoms with E-state index >= 15 is 0 Å². The number of para-hydroxylation sites is 1. The Labute approximate surface area is 125 Å². The van der Waals surface area contributed by atoms with Crippen molar-refractivity contribution < 1.29 is 14.3 Å². The Kier molecular flexibility index (Phi) is 5.33. The third kappa shape index (κ3) is 3.61. The average Bonchev–Trinajstić information content (AvgIpc) is 2.89. The van der Waals surface area contributed by atoms with Crippen LogP contribution in [-0.4, -0.2) is 38.1 Å². The molecule has 0 spiro atoms. The van der Waals surface area contributed by atoms with E-state index in [0.717, 1.165) is 12.1 Å². The van der Waals surface area contributed by atoms with Crippen LogP contribution in [0.1, 0.15) is 19.8 Å². The van der Waals surface area contributed by atoms with Crippen molar-refractivity contribution >= 4 is 17.5 Å². The maximum atomic E-state index is 12.4. The molecule has 2 unspecified atom stereocenters.